The summed E-state index contributed by atoms with van der Waals surface area (Å²) in [4.78, 5) is 11.4. The lowest BCUT2D eigenvalue weighted by Gasteiger charge is -2.09. The monoisotopic (exact) mass is 353 g/mol. The molecule has 0 saturated carbocycles. The van der Waals surface area contributed by atoms with Crippen molar-refractivity contribution in [1.82, 2.24) is 0 Å². The van der Waals surface area contributed by atoms with E-state index in [0.717, 1.165) is 4.47 Å². The Kier molecular flexibility index (Phi) is 4.25. The van der Waals surface area contributed by atoms with Gasteiger partial charge in [0.15, 0.2) is 5.78 Å². The molecule has 0 atom stereocenters. The zero-order valence-electron chi connectivity index (χ0n) is 10.6. The number of carbonyl (C=O) groups is 1. The Bertz CT molecular complexity index is 739. The standard InChI is InChI=1S/C14H12BrNO3S/c1-10(17)11-3-2-4-13(9-11)16-20(18,19)14-7-5-12(15)6-8-14/h2-9,16H,1H3. The fourth-order valence-electron chi connectivity index (χ4n) is 1.63. The highest BCUT2D eigenvalue weighted by molar-refractivity contribution is 9.10. The van der Waals surface area contributed by atoms with Gasteiger partial charge in [0.05, 0.1) is 4.90 Å². The highest BCUT2D eigenvalue weighted by atomic mass is 79.9. The lowest BCUT2D eigenvalue weighted by Crippen LogP contribution is -2.13. The van der Waals surface area contributed by atoms with Gasteiger partial charge in [-0.25, -0.2) is 8.42 Å². The molecule has 6 heteroatoms. The molecule has 0 spiro atoms. The van der Waals surface area contributed by atoms with Crippen LogP contribution in [0.2, 0.25) is 0 Å². The average Bonchev–Trinajstić information content (AvgIpc) is 2.39. The molecule has 0 amide bonds. The van der Waals surface area contributed by atoms with E-state index in [4.69, 9.17) is 0 Å². The normalized spacial score (nSPS) is 11.1. The molecular weight excluding hydrogens is 342 g/mol. The summed E-state index contributed by atoms with van der Waals surface area (Å²) >= 11 is 3.25. The molecule has 0 radical (unpaired) electrons. The Labute approximate surface area is 126 Å². The molecule has 0 aliphatic carbocycles. The third-order valence-electron chi connectivity index (χ3n) is 2.65. The summed E-state index contributed by atoms with van der Waals surface area (Å²) in [6.45, 7) is 1.43. The number of rotatable bonds is 4. The van der Waals surface area contributed by atoms with Crippen LogP contribution >= 0.6 is 15.9 Å². The molecule has 4 nitrogen and oxygen atoms in total. The summed E-state index contributed by atoms with van der Waals surface area (Å²) in [5.74, 6) is -0.116. The summed E-state index contributed by atoms with van der Waals surface area (Å²) < 4.78 is 27.6. The first-order valence-electron chi connectivity index (χ1n) is 5.78. The molecule has 104 valence electrons. The maximum Gasteiger partial charge on any atom is 0.261 e. The zero-order valence-corrected chi connectivity index (χ0v) is 13.0. The van der Waals surface area contributed by atoms with Crippen molar-refractivity contribution in [2.24, 2.45) is 0 Å². The van der Waals surface area contributed by atoms with E-state index in [2.05, 4.69) is 20.7 Å². The summed E-state index contributed by atoms with van der Waals surface area (Å²) in [6, 6.07) is 12.7. The molecule has 2 aromatic rings. The van der Waals surface area contributed by atoms with Gasteiger partial charge < -0.3 is 0 Å². The number of hydrogen-bond acceptors (Lipinski definition) is 3. The zero-order chi connectivity index (χ0) is 14.8. The van der Waals surface area contributed by atoms with Crippen LogP contribution in [0.5, 0.6) is 0 Å². The summed E-state index contributed by atoms with van der Waals surface area (Å²) in [5, 5.41) is 0. The Balaban J connectivity index is 2.31. The van der Waals surface area contributed by atoms with Crippen molar-refractivity contribution < 1.29 is 13.2 Å². The van der Waals surface area contributed by atoms with Gasteiger partial charge in [-0.2, -0.15) is 0 Å². The minimum Gasteiger partial charge on any atom is -0.295 e. The minimum absolute atomic E-state index is 0.116. The van der Waals surface area contributed by atoms with Crippen molar-refractivity contribution in [3.05, 3.63) is 58.6 Å². The van der Waals surface area contributed by atoms with Crippen LogP contribution in [0.4, 0.5) is 5.69 Å². The minimum atomic E-state index is -3.65. The number of hydrogen-bond donors (Lipinski definition) is 1. The average molecular weight is 354 g/mol. The first-order chi connectivity index (χ1) is 9.38. The van der Waals surface area contributed by atoms with E-state index in [1.165, 1.54) is 25.1 Å². The van der Waals surface area contributed by atoms with E-state index in [1.54, 1.807) is 30.3 Å². The van der Waals surface area contributed by atoms with Crippen LogP contribution in [-0.2, 0) is 10.0 Å². The van der Waals surface area contributed by atoms with Crippen molar-refractivity contribution in [3.63, 3.8) is 0 Å². The Morgan fingerprint density at radius 1 is 1.10 bits per heavy atom. The molecule has 20 heavy (non-hydrogen) atoms. The van der Waals surface area contributed by atoms with Crippen molar-refractivity contribution in [1.29, 1.82) is 0 Å². The topological polar surface area (TPSA) is 63.2 Å². The first-order valence-corrected chi connectivity index (χ1v) is 8.05. The number of carbonyl (C=O) groups excluding carboxylic acids is 1. The summed E-state index contributed by atoms with van der Waals surface area (Å²) in [6.07, 6.45) is 0. The quantitative estimate of drug-likeness (QED) is 0.856. The molecule has 0 aromatic heterocycles. The molecule has 0 saturated heterocycles. The van der Waals surface area contributed by atoms with Crippen LogP contribution < -0.4 is 4.72 Å². The Morgan fingerprint density at radius 3 is 2.35 bits per heavy atom. The van der Waals surface area contributed by atoms with Crippen LogP contribution in [0.3, 0.4) is 0 Å². The fraction of sp³-hybridized carbons (Fsp3) is 0.0714. The number of halogens is 1. The van der Waals surface area contributed by atoms with Crippen molar-refractivity contribution in [2.45, 2.75) is 11.8 Å². The van der Waals surface area contributed by atoms with Crippen molar-refractivity contribution >= 4 is 37.4 Å². The first kappa shape index (κ1) is 14.7. The number of benzene rings is 2. The van der Waals surface area contributed by atoms with Crippen molar-refractivity contribution in [2.75, 3.05) is 4.72 Å². The molecule has 0 unspecified atom stereocenters. The second-order valence-electron chi connectivity index (χ2n) is 4.20. The van der Waals surface area contributed by atoms with E-state index in [1.807, 2.05) is 0 Å². The van der Waals surface area contributed by atoms with Crippen LogP contribution in [0.25, 0.3) is 0 Å². The third kappa shape index (κ3) is 3.46. The van der Waals surface area contributed by atoms with Crippen LogP contribution in [0.15, 0.2) is 57.9 Å². The number of ketones is 1. The molecule has 0 bridgehead atoms. The van der Waals surface area contributed by atoms with Gasteiger partial charge in [-0.05, 0) is 43.3 Å². The molecule has 2 aromatic carbocycles. The highest BCUT2D eigenvalue weighted by Crippen LogP contribution is 2.19. The van der Waals surface area contributed by atoms with E-state index in [-0.39, 0.29) is 10.7 Å². The second-order valence-corrected chi connectivity index (χ2v) is 6.79. The Hall–Kier alpha value is -1.66. The molecule has 0 heterocycles. The molecule has 0 fully saturated rings. The van der Waals surface area contributed by atoms with E-state index < -0.39 is 10.0 Å². The summed E-state index contributed by atoms with van der Waals surface area (Å²) in [7, 11) is -3.65. The largest absolute Gasteiger partial charge is 0.295 e. The predicted molar refractivity (Wildman–Crippen MR) is 81.4 cm³/mol. The van der Waals surface area contributed by atoms with Gasteiger partial charge in [0, 0.05) is 15.7 Å². The maximum absolute atomic E-state index is 12.2. The molecule has 0 aliphatic heterocycles. The summed E-state index contributed by atoms with van der Waals surface area (Å²) in [5.41, 5.74) is 0.821. The van der Waals surface area contributed by atoms with Crippen LogP contribution in [-0.4, -0.2) is 14.2 Å². The smallest absolute Gasteiger partial charge is 0.261 e. The van der Waals surface area contributed by atoms with Crippen LogP contribution in [0, 0.1) is 0 Å². The van der Waals surface area contributed by atoms with E-state index in [9.17, 15) is 13.2 Å². The van der Waals surface area contributed by atoms with Gasteiger partial charge in [-0.1, -0.05) is 28.1 Å². The van der Waals surface area contributed by atoms with Gasteiger partial charge in [0.25, 0.3) is 10.0 Å². The number of anilines is 1. The molecule has 1 N–H and O–H groups in total. The molecule has 0 aliphatic rings. The van der Waals surface area contributed by atoms with E-state index in [0.29, 0.717) is 11.3 Å². The van der Waals surface area contributed by atoms with Gasteiger partial charge in [0.1, 0.15) is 0 Å². The predicted octanol–water partition coefficient (Wildman–Crippen LogP) is 3.45. The molecular formula is C14H12BrNO3S. The van der Waals surface area contributed by atoms with Gasteiger partial charge in [-0.3, -0.25) is 9.52 Å². The number of nitrogens with one attached hydrogen (secondary N) is 1. The third-order valence-corrected chi connectivity index (χ3v) is 4.57. The van der Waals surface area contributed by atoms with Gasteiger partial charge >= 0.3 is 0 Å². The second kappa shape index (κ2) is 5.76. The van der Waals surface area contributed by atoms with E-state index >= 15 is 0 Å². The van der Waals surface area contributed by atoms with Crippen LogP contribution in [0.1, 0.15) is 17.3 Å². The van der Waals surface area contributed by atoms with Crippen molar-refractivity contribution in [3.8, 4) is 0 Å². The Morgan fingerprint density at radius 2 is 1.75 bits per heavy atom. The maximum atomic E-state index is 12.2. The lowest BCUT2D eigenvalue weighted by atomic mass is 10.1. The SMILES string of the molecule is CC(=O)c1cccc(NS(=O)(=O)c2ccc(Br)cc2)c1. The number of Topliss-reactive ketones (excluding diaryl/α,β-unsaturated/α-hetero) is 1. The lowest BCUT2D eigenvalue weighted by molar-refractivity contribution is 0.101. The van der Waals surface area contributed by atoms with Gasteiger partial charge in [-0.15, -0.1) is 0 Å². The molecule has 2 rings (SSSR count). The highest BCUT2D eigenvalue weighted by Gasteiger charge is 2.14. The fourth-order valence-corrected chi connectivity index (χ4v) is 2.94. The number of sulfonamides is 1. The van der Waals surface area contributed by atoms with Gasteiger partial charge in [0.2, 0.25) is 0 Å².